The molecule has 1 heterocycles. The molecule has 3 N–H and O–H groups in total. The molecule has 0 unspecified atom stereocenters. The highest BCUT2D eigenvalue weighted by atomic mass is 16.6. The highest BCUT2D eigenvalue weighted by molar-refractivity contribution is 5.68. The van der Waals surface area contributed by atoms with E-state index in [1.807, 2.05) is 39.0 Å². The third-order valence-electron chi connectivity index (χ3n) is 4.02. The van der Waals surface area contributed by atoms with Crippen molar-refractivity contribution in [3.8, 4) is 0 Å². The molecule has 1 saturated heterocycles. The van der Waals surface area contributed by atoms with Crippen molar-refractivity contribution >= 4 is 6.09 Å². The molecular weight excluding hydrogens is 290 g/mol. The summed E-state index contributed by atoms with van der Waals surface area (Å²) in [6.07, 6.45) is 1.62. The zero-order valence-corrected chi connectivity index (χ0v) is 14.4. The molecule has 1 aromatic carbocycles. The monoisotopic (exact) mass is 319 g/mol. The lowest BCUT2D eigenvalue weighted by Gasteiger charge is -2.35. The molecule has 5 nitrogen and oxygen atoms in total. The fourth-order valence-electron chi connectivity index (χ4n) is 2.83. The summed E-state index contributed by atoms with van der Waals surface area (Å²) in [6, 6.07) is 10.8. The topological polar surface area (TPSA) is 67.6 Å². The summed E-state index contributed by atoms with van der Waals surface area (Å²) in [7, 11) is 0. The van der Waals surface area contributed by atoms with Crippen LogP contribution in [0.5, 0.6) is 0 Å². The van der Waals surface area contributed by atoms with Crippen LogP contribution in [0.25, 0.3) is 0 Å². The van der Waals surface area contributed by atoms with E-state index in [-0.39, 0.29) is 12.1 Å². The van der Waals surface area contributed by atoms with Crippen LogP contribution in [0.15, 0.2) is 30.3 Å². The van der Waals surface area contributed by atoms with Gasteiger partial charge < -0.3 is 20.7 Å². The molecule has 1 aliphatic rings. The summed E-state index contributed by atoms with van der Waals surface area (Å²) < 4.78 is 5.43. The SMILES string of the molecule is CC(C)(C)OC(=O)N1CCC(N[C@@H](CN)c2ccccc2)CC1. The molecule has 2 rings (SSSR count). The Balaban J connectivity index is 1.83. The van der Waals surface area contributed by atoms with Gasteiger partial charge in [-0.25, -0.2) is 4.79 Å². The number of carbonyl (C=O) groups excluding carboxylic acids is 1. The van der Waals surface area contributed by atoms with Crippen LogP contribution >= 0.6 is 0 Å². The maximum Gasteiger partial charge on any atom is 0.410 e. The van der Waals surface area contributed by atoms with E-state index in [0.717, 1.165) is 25.9 Å². The van der Waals surface area contributed by atoms with E-state index >= 15 is 0 Å². The van der Waals surface area contributed by atoms with E-state index in [9.17, 15) is 4.79 Å². The first-order valence-electron chi connectivity index (χ1n) is 8.38. The number of rotatable bonds is 4. The van der Waals surface area contributed by atoms with Crippen molar-refractivity contribution in [2.75, 3.05) is 19.6 Å². The van der Waals surface area contributed by atoms with Gasteiger partial charge in [0.1, 0.15) is 5.60 Å². The van der Waals surface area contributed by atoms with Gasteiger partial charge in [0.15, 0.2) is 0 Å². The molecule has 128 valence electrons. The third kappa shape index (κ3) is 5.52. The lowest BCUT2D eigenvalue weighted by molar-refractivity contribution is 0.0196. The third-order valence-corrected chi connectivity index (χ3v) is 4.02. The van der Waals surface area contributed by atoms with Crippen LogP contribution in [0, 0.1) is 0 Å². The fourth-order valence-corrected chi connectivity index (χ4v) is 2.83. The summed E-state index contributed by atoms with van der Waals surface area (Å²) in [5.74, 6) is 0. The Bertz CT molecular complexity index is 491. The number of hydrogen-bond acceptors (Lipinski definition) is 4. The number of nitrogens with zero attached hydrogens (tertiary/aromatic N) is 1. The standard InChI is InChI=1S/C18H29N3O2/c1-18(2,3)23-17(22)21-11-9-15(10-12-21)20-16(13-19)14-7-5-4-6-8-14/h4-8,15-16,20H,9-13,19H2,1-3H3/t16-/m0/s1. The Morgan fingerprint density at radius 1 is 1.30 bits per heavy atom. The molecule has 1 amide bonds. The van der Waals surface area contributed by atoms with Crippen LogP contribution in [0.1, 0.15) is 45.2 Å². The molecule has 5 heteroatoms. The molecule has 0 saturated carbocycles. The molecule has 1 aliphatic heterocycles. The van der Waals surface area contributed by atoms with Crippen LogP contribution in [0.3, 0.4) is 0 Å². The van der Waals surface area contributed by atoms with Crippen molar-refractivity contribution in [3.05, 3.63) is 35.9 Å². The summed E-state index contributed by atoms with van der Waals surface area (Å²) in [5, 5.41) is 3.63. The smallest absolute Gasteiger partial charge is 0.410 e. The van der Waals surface area contributed by atoms with E-state index in [4.69, 9.17) is 10.5 Å². The molecule has 0 radical (unpaired) electrons. The van der Waals surface area contributed by atoms with E-state index in [0.29, 0.717) is 12.6 Å². The van der Waals surface area contributed by atoms with Crippen molar-refractivity contribution in [2.45, 2.75) is 51.3 Å². The van der Waals surface area contributed by atoms with Crippen LogP contribution in [0.2, 0.25) is 0 Å². The van der Waals surface area contributed by atoms with Crippen molar-refractivity contribution < 1.29 is 9.53 Å². The average molecular weight is 319 g/mol. The lowest BCUT2D eigenvalue weighted by atomic mass is 10.0. The maximum atomic E-state index is 12.1. The predicted octanol–water partition coefficient (Wildman–Crippen LogP) is 2.68. The second-order valence-electron chi connectivity index (χ2n) is 7.11. The van der Waals surface area contributed by atoms with E-state index in [1.165, 1.54) is 5.56 Å². The Labute approximate surface area is 139 Å². The first-order chi connectivity index (χ1) is 10.9. The van der Waals surface area contributed by atoms with Crippen LogP contribution in [-0.2, 0) is 4.74 Å². The zero-order chi connectivity index (χ0) is 16.9. The number of likely N-dealkylation sites (tertiary alicyclic amines) is 1. The fraction of sp³-hybridized carbons (Fsp3) is 0.611. The Morgan fingerprint density at radius 2 is 1.91 bits per heavy atom. The summed E-state index contributed by atoms with van der Waals surface area (Å²) in [6.45, 7) is 7.69. The molecule has 0 aliphatic carbocycles. The van der Waals surface area contributed by atoms with Crippen LogP contribution in [-0.4, -0.2) is 42.3 Å². The number of nitrogens with one attached hydrogen (secondary N) is 1. The Kier molecular flexibility index (Phi) is 6.02. The first-order valence-corrected chi connectivity index (χ1v) is 8.38. The second-order valence-corrected chi connectivity index (χ2v) is 7.11. The quantitative estimate of drug-likeness (QED) is 0.895. The van der Waals surface area contributed by atoms with Crippen molar-refractivity contribution in [1.29, 1.82) is 0 Å². The molecular formula is C18H29N3O2. The highest BCUT2D eigenvalue weighted by Gasteiger charge is 2.27. The lowest BCUT2D eigenvalue weighted by Crippen LogP contribution is -2.48. The van der Waals surface area contributed by atoms with Crippen LogP contribution < -0.4 is 11.1 Å². The molecule has 0 spiro atoms. The van der Waals surface area contributed by atoms with Gasteiger partial charge in [0.2, 0.25) is 0 Å². The minimum atomic E-state index is -0.440. The van der Waals surface area contributed by atoms with Gasteiger partial charge in [0.05, 0.1) is 0 Å². The minimum Gasteiger partial charge on any atom is -0.444 e. The van der Waals surface area contributed by atoms with Crippen molar-refractivity contribution in [1.82, 2.24) is 10.2 Å². The van der Waals surface area contributed by atoms with Gasteiger partial charge in [0.25, 0.3) is 0 Å². The first kappa shape index (κ1) is 17.8. The normalized spacial score (nSPS) is 17.8. The van der Waals surface area contributed by atoms with Crippen molar-refractivity contribution in [3.63, 3.8) is 0 Å². The second kappa shape index (κ2) is 7.79. The van der Waals surface area contributed by atoms with Crippen LogP contribution in [0.4, 0.5) is 4.79 Å². The summed E-state index contributed by atoms with van der Waals surface area (Å²) >= 11 is 0. The van der Waals surface area contributed by atoms with Gasteiger partial charge in [0, 0.05) is 31.7 Å². The number of carbonyl (C=O) groups is 1. The number of ether oxygens (including phenoxy) is 1. The summed E-state index contributed by atoms with van der Waals surface area (Å²) in [5.41, 5.74) is 6.69. The van der Waals surface area contributed by atoms with Crippen molar-refractivity contribution in [2.24, 2.45) is 5.73 Å². The van der Waals surface area contributed by atoms with Gasteiger partial charge in [-0.15, -0.1) is 0 Å². The van der Waals surface area contributed by atoms with Gasteiger partial charge in [-0.3, -0.25) is 0 Å². The molecule has 23 heavy (non-hydrogen) atoms. The zero-order valence-electron chi connectivity index (χ0n) is 14.4. The number of hydrogen-bond donors (Lipinski definition) is 2. The van der Waals surface area contributed by atoms with Gasteiger partial charge in [-0.1, -0.05) is 30.3 Å². The van der Waals surface area contributed by atoms with E-state index in [1.54, 1.807) is 4.90 Å². The van der Waals surface area contributed by atoms with Gasteiger partial charge >= 0.3 is 6.09 Å². The largest absolute Gasteiger partial charge is 0.444 e. The summed E-state index contributed by atoms with van der Waals surface area (Å²) in [4.78, 5) is 13.9. The maximum absolute atomic E-state index is 12.1. The van der Waals surface area contributed by atoms with Gasteiger partial charge in [-0.05, 0) is 39.2 Å². The Hall–Kier alpha value is -1.59. The number of nitrogens with two attached hydrogens (primary N) is 1. The predicted molar refractivity (Wildman–Crippen MR) is 92.2 cm³/mol. The minimum absolute atomic E-state index is 0.161. The molecule has 1 atom stereocenters. The number of piperidine rings is 1. The number of amides is 1. The molecule has 1 fully saturated rings. The average Bonchev–Trinajstić information content (AvgIpc) is 2.52. The Morgan fingerprint density at radius 3 is 2.43 bits per heavy atom. The molecule has 0 aromatic heterocycles. The highest BCUT2D eigenvalue weighted by Crippen LogP contribution is 2.19. The molecule has 0 bridgehead atoms. The number of benzene rings is 1. The van der Waals surface area contributed by atoms with E-state index in [2.05, 4.69) is 17.4 Å². The van der Waals surface area contributed by atoms with E-state index < -0.39 is 5.60 Å². The van der Waals surface area contributed by atoms with Gasteiger partial charge in [-0.2, -0.15) is 0 Å². The molecule has 1 aromatic rings.